The first-order valence-electron chi connectivity index (χ1n) is 9.82. The van der Waals surface area contributed by atoms with E-state index in [1.807, 2.05) is 16.8 Å². The third-order valence-corrected chi connectivity index (χ3v) is 4.96. The maximum absolute atomic E-state index is 12.8. The molecule has 0 aliphatic rings. The first-order valence-corrected chi connectivity index (χ1v) is 9.82. The second-order valence-electron chi connectivity index (χ2n) is 7.17. The lowest BCUT2D eigenvalue weighted by atomic mass is 10.1. The van der Waals surface area contributed by atoms with Gasteiger partial charge in [0.2, 0.25) is 0 Å². The van der Waals surface area contributed by atoms with E-state index in [4.69, 9.17) is 9.72 Å². The summed E-state index contributed by atoms with van der Waals surface area (Å²) in [6.07, 6.45) is 2.05. The zero-order valence-electron chi connectivity index (χ0n) is 16.9. The largest absolute Gasteiger partial charge is 0.497 e. The van der Waals surface area contributed by atoms with Gasteiger partial charge in [0.15, 0.2) is 11.5 Å². The summed E-state index contributed by atoms with van der Waals surface area (Å²) in [7, 11) is 1.58. The highest BCUT2D eigenvalue weighted by Crippen LogP contribution is 2.27. The summed E-state index contributed by atoms with van der Waals surface area (Å²) in [6.45, 7) is 4.95. The molecule has 0 saturated heterocycles. The summed E-state index contributed by atoms with van der Waals surface area (Å²) in [4.78, 5) is 17.7. The molecule has 4 aromatic rings. The van der Waals surface area contributed by atoms with E-state index in [-0.39, 0.29) is 5.91 Å². The summed E-state index contributed by atoms with van der Waals surface area (Å²) in [6, 6.07) is 15.3. The van der Waals surface area contributed by atoms with Gasteiger partial charge >= 0.3 is 0 Å². The highest BCUT2D eigenvalue weighted by atomic mass is 16.5. The quantitative estimate of drug-likeness (QED) is 0.507. The van der Waals surface area contributed by atoms with Crippen molar-refractivity contribution in [2.45, 2.75) is 33.2 Å². The third kappa shape index (κ3) is 3.78. The van der Waals surface area contributed by atoms with Crippen molar-refractivity contribution in [2.24, 2.45) is 0 Å². The summed E-state index contributed by atoms with van der Waals surface area (Å²) in [5, 5.41) is 9.51. The molecule has 148 valence electrons. The monoisotopic (exact) mass is 388 g/mol. The Hall–Kier alpha value is -3.41. The molecule has 4 rings (SSSR count). The Morgan fingerprint density at radius 3 is 2.83 bits per heavy atom. The Bertz CT molecular complexity index is 1200. The van der Waals surface area contributed by atoms with Crippen molar-refractivity contribution in [1.82, 2.24) is 14.8 Å². The van der Waals surface area contributed by atoms with Gasteiger partial charge in [-0.3, -0.25) is 4.79 Å². The van der Waals surface area contributed by atoms with Crippen molar-refractivity contribution in [2.75, 3.05) is 12.4 Å². The summed E-state index contributed by atoms with van der Waals surface area (Å²) >= 11 is 0. The molecule has 29 heavy (non-hydrogen) atoms. The number of benzene rings is 2. The van der Waals surface area contributed by atoms with Crippen molar-refractivity contribution >= 4 is 33.7 Å². The van der Waals surface area contributed by atoms with Crippen molar-refractivity contribution in [3.05, 3.63) is 59.7 Å². The van der Waals surface area contributed by atoms with E-state index >= 15 is 0 Å². The Morgan fingerprint density at radius 2 is 2.03 bits per heavy atom. The Morgan fingerprint density at radius 1 is 1.17 bits per heavy atom. The number of unbranched alkanes of at least 4 members (excludes halogenated alkanes) is 1. The predicted molar refractivity (Wildman–Crippen MR) is 116 cm³/mol. The predicted octanol–water partition coefficient (Wildman–Crippen LogP) is 4.95. The van der Waals surface area contributed by atoms with Crippen LogP contribution in [0.1, 0.15) is 35.7 Å². The first-order chi connectivity index (χ1) is 14.1. The number of amides is 1. The highest BCUT2D eigenvalue weighted by Gasteiger charge is 2.16. The van der Waals surface area contributed by atoms with Gasteiger partial charge in [-0.05, 0) is 49.7 Å². The molecule has 0 aliphatic carbocycles. The Balaban J connectivity index is 1.78. The molecular weight excluding hydrogens is 364 g/mol. The lowest BCUT2D eigenvalue weighted by Crippen LogP contribution is -2.13. The lowest BCUT2D eigenvalue weighted by Gasteiger charge is -2.05. The van der Waals surface area contributed by atoms with Gasteiger partial charge in [0.05, 0.1) is 18.0 Å². The van der Waals surface area contributed by atoms with Crippen LogP contribution in [0.25, 0.3) is 21.9 Å². The van der Waals surface area contributed by atoms with Crippen LogP contribution in [0, 0.1) is 6.92 Å². The van der Waals surface area contributed by atoms with Gasteiger partial charge in [-0.2, -0.15) is 5.10 Å². The fourth-order valence-corrected chi connectivity index (χ4v) is 3.38. The molecular formula is C23H24N4O2. The van der Waals surface area contributed by atoms with Gasteiger partial charge in [0.25, 0.3) is 5.91 Å². The Labute approximate surface area is 169 Å². The smallest absolute Gasteiger partial charge is 0.257 e. The molecule has 0 bridgehead atoms. The van der Waals surface area contributed by atoms with Gasteiger partial charge in [-0.1, -0.05) is 31.0 Å². The van der Waals surface area contributed by atoms with Crippen LogP contribution in [0.5, 0.6) is 5.75 Å². The van der Waals surface area contributed by atoms with Crippen LogP contribution < -0.4 is 10.1 Å². The van der Waals surface area contributed by atoms with E-state index in [1.165, 1.54) is 5.56 Å². The molecule has 0 fully saturated rings. The second kappa shape index (κ2) is 7.91. The van der Waals surface area contributed by atoms with Crippen LogP contribution in [0.15, 0.2) is 48.5 Å². The van der Waals surface area contributed by atoms with E-state index in [0.29, 0.717) is 17.1 Å². The molecule has 1 amide bonds. The number of aryl methyl sites for hydroxylation is 2. The van der Waals surface area contributed by atoms with Gasteiger partial charge in [0, 0.05) is 17.5 Å². The number of fused-ring (bicyclic) bond motifs is 2. The summed E-state index contributed by atoms with van der Waals surface area (Å²) in [5.41, 5.74) is 3.39. The molecule has 2 aromatic heterocycles. The van der Waals surface area contributed by atoms with E-state index in [0.717, 1.165) is 41.3 Å². The number of ether oxygens (including phenoxy) is 1. The number of nitrogens with one attached hydrogen (secondary N) is 1. The topological polar surface area (TPSA) is 69.0 Å². The minimum absolute atomic E-state index is 0.227. The van der Waals surface area contributed by atoms with E-state index in [9.17, 15) is 4.79 Å². The molecule has 1 N–H and O–H groups in total. The van der Waals surface area contributed by atoms with E-state index < -0.39 is 0 Å². The second-order valence-corrected chi connectivity index (χ2v) is 7.17. The van der Waals surface area contributed by atoms with E-state index in [1.54, 1.807) is 25.3 Å². The maximum Gasteiger partial charge on any atom is 0.257 e. The summed E-state index contributed by atoms with van der Waals surface area (Å²) < 4.78 is 7.11. The van der Waals surface area contributed by atoms with Crippen molar-refractivity contribution in [3.63, 3.8) is 0 Å². The minimum Gasteiger partial charge on any atom is -0.497 e. The van der Waals surface area contributed by atoms with Gasteiger partial charge in [-0.15, -0.1) is 0 Å². The number of nitrogens with zero attached hydrogens (tertiary/aromatic N) is 3. The lowest BCUT2D eigenvalue weighted by molar-refractivity contribution is 0.102. The standard InChI is InChI=1S/C23H24N4O2/c1-4-5-11-27-22-19(14-17-12-15(2)9-10-20(17)24-22)21(26-27)25-23(28)16-7-6-8-18(13-16)29-3/h6-10,12-14H,4-5,11H2,1-3H3,(H,25,26,28). The fourth-order valence-electron chi connectivity index (χ4n) is 3.38. The van der Waals surface area contributed by atoms with Gasteiger partial charge < -0.3 is 10.1 Å². The zero-order valence-corrected chi connectivity index (χ0v) is 16.9. The number of hydrogen-bond acceptors (Lipinski definition) is 4. The zero-order chi connectivity index (χ0) is 20.4. The van der Waals surface area contributed by atoms with Crippen molar-refractivity contribution in [1.29, 1.82) is 0 Å². The van der Waals surface area contributed by atoms with Crippen LogP contribution in [-0.2, 0) is 6.54 Å². The van der Waals surface area contributed by atoms with Crippen LogP contribution in [0.3, 0.4) is 0 Å². The maximum atomic E-state index is 12.8. The van der Waals surface area contributed by atoms with Gasteiger partial charge in [0.1, 0.15) is 5.75 Å². The number of hydrogen-bond donors (Lipinski definition) is 1. The normalized spacial score (nSPS) is 11.1. The number of carbonyl (C=O) groups is 1. The van der Waals surface area contributed by atoms with Gasteiger partial charge in [-0.25, -0.2) is 9.67 Å². The first kappa shape index (κ1) is 18.9. The fraction of sp³-hybridized carbons (Fsp3) is 0.261. The molecule has 0 spiro atoms. The highest BCUT2D eigenvalue weighted by molar-refractivity contribution is 6.09. The molecule has 2 aromatic carbocycles. The average molecular weight is 388 g/mol. The van der Waals surface area contributed by atoms with Crippen LogP contribution in [0.2, 0.25) is 0 Å². The molecule has 0 atom stereocenters. The number of pyridine rings is 1. The third-order valence-electron chi connectivity index (χ3n) is 4.96. The van der Waals surface area contributed by atoms with Crippen molar-refractivity contribution in [3.8, 4) is 5.75 Å². The molecule has 2 heterocycles. The molecule has 0 saturated carbocycles. The molecule has 0 radical (unpaired) electrons. The number of anilines is 1. The molecule has 6 heteroatoms. The Kier molecular flexibility index (Phi) is 5.16. The van der Waals surface area contributed by atoms with Crippen LogP contribution >= 0.6 is 0 Å². The van der Waals surface area contributed by atoms with Crippen LogP contribution in [-0.4, -0.2) is 27.8 Å². The number of aromatic nitrogens is 3. The SMILES string of the molecule is CCCCn1nc(NC(=O)c2cccc(OC)c2)c2cc3cc(C)ccc3nc21. The van der Waals surface area contributed by atoms with E-state index in [2.05, 4.69) is 42.5 Å². The molecule has 6 nitrogen and oxygen atoms in total. The van der Waals surface area contributed by atoms with Crippen molar-refractivity contribution < 1.29 is 9.53 Å². The number of carbonyl (C=O) groups excluding carboxylic acids is 1. The van der Waals surface area contributed by atoms with Crippen LogP contribution in [0.4, 0.5) is 5.82 Å². The molecule has 0 unspecified atom stereocenters. The summed E-state index contributed by atoms with van der Waals surface area (Å²) in [5.74, 6) is 0.939. The minimum atomic E-state index is -0.227. The number of rotatable bonds is 6. The number of methoxy groups -OCH3 is 1. The molecule has 0 aliphatic heterocycles. The average Bonchev–Trinajstić information content (AvgIpc) is 3.06.